The van der Waals surface area contributed by atoms with E-state index in [0.717, 1.165) is 12.5 Å². The average molecular weight is 237 g/mol. The van der Waals surface area contributed by atoms with Gasteiger partial charge in [0, 0.05) is 10.9 Å². The second-order valence-corrected chi connectivity index (χ2v) is 5.82. The van der Waals surface area contributed by atoms with E-state index >= 15 is 0 Å². The number of hydrogen-bond acceptors (Lipinski definition) is 2. The molecule has 0 spiro atoms. The molecule has 1 aliphatic rings. The highest BCUT2D eigenvalue weighted by Gasteiger charge is 2.24. The standard InChI is InChI=1S/C14H23NS/c1-2-10-15-14(13-9-6-11-16-13)12-7-4-3-5-8-12/h6,9,11-12,14-15H,2-5,7-8,10H2,1H3. The lowest BCUT2D eigenvalue weighted by Crippen LogP contribution is -2.29. The maximum absolute atomic E-state index is 3.75. The minimum Gasteiger partial charge on any atom is -0.309 e. The summed E-state index contributed by atoms with van der Waals surface area (Å²) in [6.45, 7) is 3.40. The summed E-state index contributed by atoms with van der Waals surface area (Å²) in [5.41, 5.74) is 0. The molecule has 1 aliphatic carbocycles. The topological polar surface area (TPSA) is 12.0 Å². The van der Waals surface area contributed by atoms with Crippen molar-refractivity contribution >= 4 is 11.3 Å². The molecule has 0 aliphatic heterocycles. The van der Waals surface area contributed by atoms with Gasteiger partial charge in [0.2, 0.25) is 0 Å². The Labute approximate surface area is 103 Å². The van der Waals surface area contributed by atoms with E-state index in [1.54, 1.807) is 4.88 Å². The number of thiophene rings is 1. The Balaban J connectivity index is 2.01. The zero-order valence-corrected chi connectivity index (χ0v) is 11.1. The first-order valence-corrected chi connectivity index (χ1v) is 7.56. The van der Waals surface area contributed by atoms with Gasteiger partial charge in [0.1, 0.15) is 0 Å². The van der Waals surface area contributed by atoms with E-state index in [-0.39, 0.29) is 0 Å². The number of hydrogen-bond donors (Lipinski definition) is 1. The van der Waals surface area contributed by atoms with Gasteiger partial charge in [-0.05, 0) is 43.2 Å². The second-order valence-electron chi connectivity index (χ2n) is 4.85. The predicted octanol–water partition coefficient (Wildman–Crippen LogP) is 4.37. The summed E-state index contributed by atoms with van der Waals surface area (Å²) in [6, 6.07) is 5.11. The van der Waals surface area contributed by atoms with Crippen LogP contribution in [0.15, 0.2) is 17.5 Å². The van der Waals surface area contributed by atoms with E-state index in [4.69, 9.17) is 0 Å². The molecule has 0 aromatic carbocycles. The Hall–Kier alpha value is -0.340. The van der Waals surface area contributed by atoms with Gasteiger partial charge in [0.05, 0.1) is 0 Å². The SMILES string of the molecule is CCCNC(c1cccs1)C1CCCCC1. The molecule has 0 saturated heterocycles. The van der Waals surface area contributed by atoms with Crippen LogP contribution in [0.25, 0.3) is 0 Å². The molecule has 0 radical (unpaired) electrons. The van der Waals surface area contributed by atoms with Gasteiger partial charge < -0.3 is 5.32 Å². The van der Waals surface area contributed by atoms with Crippen LogP contribution < -0.4 is 5.32 Å². The lowest BCUT2D eigenvalue weighted by molar-refractivity contribution is 0.275. The maximum atomic E-state index is 3.75. The highest BCUT2D eigenvalue weighted by atomic mass is 32.1. The maximum Gasteiger partial charge on any atom is 0.0443 e. The zero-order valence-electron chi connectivity index (χ0n) is 10.2. The Morgan fingerprint density at radius 2 is 2.19 bits per heavy atom. The molecule has 1 aromatic heterocycles. The first kappa shape index (κ1) is 12.1. The van der Waals surface area contributed by atoms with Crippen molar-refractivity contribution in [2.24, 2.45) is 5.92 Å². The molecule has 16 heavy (non-hydrogen) atoms. The molecule has 1 nitrogen and oxygen atoms in total. The molecule has 90 valence electrons. The molecular weight excluding hydrogens is 214 g/mol. The van der Waals surface area contributed by atoms with Crippen LogP contribution in [-0.4, -0.2) is 6.54 Å². The van der Waals surface area contributed by atoms with Gasteiger partial charge in [0.15, 0.2) is 0 Å². The molecular formula is C14H23NS. The molecule has 1 N–H and O–H groups in total. The lowest BCUT2D eigenvalue weighted by Gasteiger charge is -2.30. The van der Waals surface area contributed by atoms with Gasteiger partial charge >= 0.3 is 0 Å². The van der Waals surface area contributed by atoms with Crippen molar-refractivity contribution in [1.29, 1.82) is 0 Å². The molecule has 1 atom stereocenters. The summed E-state index contributed by atoms with van der Waals surface area (Å²) in [5.74, 6) is 0.874. The van der Waals surface area contributed by atoms with Crippen LogP contribution in [0.4, 0.5) is 0 Å². The monoisotopic (exact) mass is 237 g/mol. The van der Waals surface area contributed by atoms with Crippen LogP contribution in [0.3, 0.4) is 0 Å². The van der Waals surface area contributed by atoms with Crippen LogP contribution in [0.2, 0.25) is 0 Å². The van der Waals surface area contributed by atoms with E-state index in [0.29, 0.717) is 6.04 Å². The van der Waals surface area contributed by atoms with Gasteiger partial charge in [-0.15, -0.1) is 11.3 Å². The first-order chi connectivity index (χ1) is 7.92. The second kappa shape index (κ2) is 6.41. The van der Waals surface area contributed by atoms with Crippen LogP contribution >= 0.6 is 11.3 Å². The third-order valence-corrected chi connectivity index (χ3v) is 4.54. The molecule has 1 unspecified atom stereocenters. The molecule has 1 saturated carbocycles. The van der Waals surface area contributed by atoms with Crippen molar-refractivity contribution in [3.63, 3.8) is 0 Å². The van der Waals surface area contributed by atoms with E-state index in [9.17, 15) is 0 Å². The summed E-state index contributed by atoms with van der Waals surface area (Å²) >= 11 is 1.91. The van der Waals surface area contributed by atoms with Gasteiger partial charge in [-0.2, -0.15) is 0 Å². The highest BCUT2D eigenvalue weighted by molar-refractivity contribution is 7.10. The molecule has 2 rings (SSSR count). The molecule has 2 heteroatoms. The smallest absolute Gasteiger partial charge is 0.0443 e. The molecule has 1 fully saturated rings. The summed E-state index contributed by atoms with van der Waals surface area (Å²) < 4.78 is 0. The van der Waals surface area contributed by atoms with Crippen molar-refractivity contribution in [3.05, 3.63) is 22.4 Å². The number of nitrogens with one attached hydrogen (secondary N) is 1. The van der Waals surface area contributed by atoms with Crippen molar-refractivity contribution in [1.82, 2.24) is 5.32 Å². The fourth-order valence-corrected chi connectivity index (χ4v) is 3.63. The normalized spacial score (nSPS) is 19.8. The van der Waals surface area contributed by atoms with Crippen molar-refractivity contribution in [3.8, 4) is 0 Å². The van der Waals surface area contributed by atoms with Crippen molar-refractivity contribution < 1.29 is 0 Å². The van der Waals surface area contributed by atoms with Gasteiger partial charge in [-0.1, -0.05) is 32.3 Å². The molecule has 0 bridgehead atoms. The minimum atomic E-state index is 0.625. The quantitative estimate of drug-likeness (QED) is 0.802. The van der Waals surface area contributed by atoms with Crippen LogP contribution in [0, 0.1) is 5.92 Å². The van der Waals surface area contributed by atoms with E-state index in [1.807, 2.05) is 11.3 Å². The first-order valence-electron chi connectivity index (χ1n) is 6.68. The van der Waals surface area contributed by atoms with Gasteiger partial charge in [-0.25, -0.2) is 0 Å². The third kappa shape index (κ3) is 3.08. The third-order valence-electron chi connectivity index (χ3n) is 3.59. The summed E-state index contributed by atoms with van der Waals surface area (Å²) in [5, 5.41) is 5.96. The molecule has 1 heterocycles. The van der Waals surface area contributed by atoms with Crippen LogP contribution in [0.1, 0.15) is 56.4 Å². The van der Waals surface area contributed by atoms with E-state index in [2.05, 4.69) is 29.8 Å². The largest absolute Gasteiger partial charge is 0.309 e. The minimum absolute atomic E-state index is 0.625. The van der Waals surface area contributed by atoms with Crippen molar-refractivity contribution in [2.45, 2.75) is 51.5 Å². The summed E-state index contributed by atoms with van der Waals surface area (Å²) in [4.78, 5) is 1.54. The fraction of sp³-hybridized carbons (Fsp3) is 0.714. The molecule has 1 aromatic rings. The highest BCUT2D eigenvalue weighted by Crippen LogP contribution is 2.36. The van der Waals surface area contributed by atoms with Crippen molar-refractivity contribution in [2.75, 3.05) is 6.54 Å². The molecule has 0 amide bonds. The Morgan fingerprint density at radius 3 is 2.81 bits per heavy atom. The summed E-state index contributed by atoms with van der Waals surface area (Å²) in [6.07, 6.45) is 8.37. The van der Waals surface area contributed by atoms with E-state index in [1.165, 1.54) is 38.5 Å². The van der Waals surface area contributed by atoms with E-state index < -0.39 is 0 Å². The number of rotatable bonds is 5. The summed E-state index contributed by atoms with van der Waals surface area (Å²) in [7, 11) is 0. The lowest BCUT2D eigenvalue weighted by atomic mass is 9.83. The average Bonchev–Trinajstić information content (AvgIpc) is 2.85. The Bertz CT molecular complexity index is 275. The van der Waals surface area contributed by atoms with Gasteiger partial charge in [-0.3, -0.25) is 0 Å². The Morgan fingerprint density at radius 1 is 1.38 bits per heavy atom. The fourth-order valence-electron chi connectivity index (χ4n) is 2.74. The Kier molecular flexibility index (Phi) is 4.86. The predicted molar refractivity (Wildman–Crippen MR) is 71.9 cm³/mol. The van der Waals surface area contributed by atoms with Crippen LogP contribution in [0.5, 0.6) is 0 Å². The van der Waals surface area contributed by atoms with Crippen LogP contribution in [-0.2, 0) is 0 Å². The van der Waals surface area contributed by atoms with Gasteiger partial charge in [0.25, 0.3) is 0 Å². The zero-order chi connectivity index (χ0) is 11.2.